The van der Waals surface area contributed by atoms with E-state index in [4.69, 9.17) is 5.73 Å². The summed E-state index contributed by atoms with van der Waals surface area (Å²) in [6.45, 7) is 10.2. The largest absolute Gasteiger partial charge is 0.404 e. The first-order valence-corrected chi connectivity index (χ1v) is 4.73. The van der Waals surface area contributed by atoms with Gasteiger partial charge in [0, 0.05) is 17.5 Å². The standard InChI is InChI=1S/C12H18N2/c1-5-11-9(6-7-14-11)10(8-13)12(2,3)4/h5-8,14H,1,13H2,2-4H3/b10-8+. The molecule has 0 saturated carbocycles. The van der Waals surface area contributed by atoms with Gasteiger partial charge in [-0.25, -0.2) is 0 Å². The molecule has 0 saturated heterocycles. The van der Waals surface area contributed by atoms with Crippen LogP contribution in [-0.2, 0) is 0 Å². The van der Waals surface area contributed by atoms with E-state index >= 15 is 0 Å². The second-order valence-electron chi connectivity index (χ2n) is 4.34. The molecule has 1 rings (SSSR count). The van der Waals surface area contributed by atoms with Crippen LogP contribution in [0.2, 0.25) is 0 Å². The minimum Gasteiger partial charge on any atom is -0.404 e. The van der Waals surface area contributed by atoms with Crippen LogP contribution in [0.4, 0.5) is 0 Å². The summed E-state index contributed by atoms with van der Waals surface area (Å²) in [7, 11) is 0. The Morgan fingerprint density at radius 2 is 2.14 bits per heavy atom. The molecule has 0 atom stereocenters. The Hall–Kier alpha value is -1.44. The van der Waals surface area contributed by atoms with E-state index in [0.717, 1.165) is 16.8 Å². The normalized spacial score (nSPS) is 12.9. The average molecular weight is 190 g/mol. The number of H-pyrrole nitrogens is 1. The van der Waals surface area contributed by atoms with E-state index in [1.54, 1.807) is 6.20 Å². The number of aromatic nitrogens is 1. The summed E-state index contributed by atoms with van der Waals surface area (Å²) in [6, 6.07) is 2.03. The third-order valence-electron chi connectivity index (χ3n) is 2.25. The van der Waals surface area contributed by atoms with Gasteiger partial charge in [-0.05, 0) is 29.3 Å². The van der Waals surface area contributed by atoms with Gasteiger partial charge < -0.3 is 10.7 Å². The second kappa shape index (κ2) is 3.74. The fourth-order valence-electron chi connectivity index (χ4n) is 1.53. The van der Waals surface area contributed by atoms with Crippen LogP contribution >= 0.6 is 0 Å². The zero-order chi connectivity index (χ0) is 10.8. The highest BCUT2D eigenvalue weighted by molar-refractivity contribution is 5.75. The van der Waals surface area contributed by atoms with Crippen LogP contribution in [0, 0.1) is 5.41 Å². The highest BCUT2D eigenvalue weighted by Gasteiger charge is 2.20. The molecule has 1 aromatic heterocycles. The predicted molar refractivity (Wildman–Crippen MR) is 62.5 cm³/mol. The molecule has 2 nitrogen and oxygen atoms in total. The number of hydrogen-bond donors (Lipinski definition) is 2. The summed E-state index contributed by atoms with van der Waals surface area (Å²) in [5.41, 5.74) is 9.01. The zero-order valence-electron chi connectivity index (χ0n) is 9.09. The van der Waals surface area contributed by atoms with Crippen molar-refractivity contribution in [3.8, 4) is 0 Å². The Morgan fingerprint density at radius 1 is 1.50 bits per heavy atom. The molecule has 0 aromatic carbocycles. The Morgan fingerprint density at radius 3 is 2.57 bits per heavy atom. The highest BCUT2D eigenvalue weighted by atomic mass is 14.7. The quantitative estimate of drug-likeness (QED) is 0.739. The minimum absolute atomic E-state index is 0.0503. The van der Waals surface area contributed by atoms with Crippen LogP contribution in [0.15, 0.2) is 25.0 Å². The minimum atomic E-state index is 0.0503. The van der Waals surface area contributed by atoms with E-state index < -0.39 is 0 Å². The number of aromatic amines is 1. The maximum Gasteiger partial charge on any atom is 0.0451 e. The van der Waals surface area contributed by atoms with Crippen molar-refractivity contribution in [2.45, 2.75) is 20.8 Å². The van der Waals surface area contributed by atoms with Gasteiger partial charge in [0.2, 0.25) is 0 Å². The van der Waals surface area contributed by atoms with Crippen LogP contribution in [0.5, 0.6) is 0 Å². The second-order valence-corrected chi connectivity index (χ2v) is 4.34. The lowest BCUT2D eigenvalue weighted by Gasteiger charge is -2.22. The highest BCUT2D eigenvalue weighted by Crippen LogP contribution is 2.34. The van der Waals surface area contributed by atoms with Crippen LogP contribution in [0.1, 0.15) is 32.0 Å². The SMILES string of the molecule is C=Cc1[nH]ccc1/C(=C\N)C(C)(C)C. The van der Waals surface area contributed by atoms with Crippen molar-refractivity contribution in [3.05, 3.63) is 36.3 Å². The van der Waals surface area contributed by atoms with E-state index in [2.05, 4.69) is 32.3 Å². The van der Waals surface area contributed by atoms with Crippen molar-refractivity contribution in [1.29, 1.82) is 0 Å². The Kier molecular flexibility index (Phi) is 2.84. The van der Waals surface area contributed by atoms with Crippen molar-refractivity contribution in [2.24, 2.45) is 11.1 Å². The van der Waals surface area contributed by atoms with Crippen molar-refractivity contribution < 1.29 is 0 Å². The molecular formula is C12H18N2. The molecule has 0 aliphatic rings. The number of nitrogens with one attached hydrogen (secondary N) is 1. The van der Waals surface area contributed by atoms with Gasteiger partial charge in [-0.2, -0.15) is 0 Å². The van der Waals surface area contributed by atoms with Gasteiger partial charge in [0.15, 0.2) is 0 Å². The van der Waals surface area contributed by atoms with Crippen molar-refractivity contribution in [3.63, 3.8) is 0 Å². The van der Waals surface area contributed by atoms with Crippen LogP contribution in [0.3, 0.4) is 0 Å². The van der Waals surface area contributed by atoms with Crippen molar-refractivity contribution in [1.82, 2.24) is 4.98 Å². The fraction of sp³-hybridized carbons (Fsp3) is 0.333. The maximum atomic E-state index is 5.66. The van der Waals surface area contributed by atoms with Crippen molar-refractivity contribution >= 4 is 11.6 Å². The number of rotatable bonds is 2. The van der Waals surface area contributed by atoms with E-state index in [-0.39, 0.29) is 5.41 Å². The Balaban J connectivity index is 3.21. The molecule has 3 N–H and O–H groups in total. The fourth-order valence-corrected chi connectivity index (χ4v) is 1.53. The van der Waals surface area contributed by atoms with E-state index in [0.29, 0.717) is 0 Å². The molecule has 14 heavy (non-hydrogen) atoms. The molecule has 0 fully saturated rings. The lowest BCUT2D eigenvalue weighted by Crippen LogP contribution is -2.10. The molecule has 0 aliphatic heterocycles. The average Bonchev–Trinajstić information content (AvgIpc) is 2.51. The molecule has 0 bridgehead atoms. The number of hydrogen-bond acceptors (Lipinski definition) is 1. The molecule has 0 amide bonds. The summed E-state index contributed by atoms with van der Waals surface area (Å²) >= 11 is 0. The zero-order valence-corrected chi connectivity index (χ0v) is 9.09. The van der Waals surface area contributed by atoms with Gasteiger partial charge in [0.05, 0.1) is 0 Å². The summed E-state index contributed by atoms with van der Waals surface area (Å²) in [5.74, 6) is 0. The van der Waals surface area contributed by atoms with Crippen LogP contribution in [-0.4, -0.2) is 4.98 Å². The summed E-state index contributed by atoms with van der Waals surface area (Å²) in [4.78, 5) is 3.13. The first kappa shape index (κ1) is 10.6. The summed E-state index contributed by atoms with van der Waals surface area (Å²) in [5, 5.41) is 0. The molecule has 0 aliphatic carbocycles. The Labute approximate surface area is 85.5 Å². The van der Waals surface area contributed by atoms with Gasteiger partial charge >= 0.3 is 0 Å². The van der Waals surface area contributed by atoms with Gasteiger partial charge in [-0.15, -0.1) is 0 Å². The van der Waals surface area contributed by atoms with E-state index in [1.165, 1.54) is 0 Å². The van der Waals surface area contributed by atoms with Gasteiger partial charge in [-0.1, -0.05) is 27.4 Å². The molecule has 2 heteroatoms. The molecule has 0 radical (unpaired) electrons. The summed E-state index contributed by atoms with van der Waals surface area (Å²) in [6.07, 6.45) is 5.39. The Bertz CT molecular complexity index is 351. The molecule has 0 unspecified atom stereocenters. The predicted octanol–water partition coefficient (Wildman–Crippen LogP) is 3.00. The van der Waals surface area contributed by atoms with Crippen molar-refractivity contribution in [2.75, 3.05) is 0 Å². The van der Waals surface area contributed by atoms with E-state index in [1.807, 2.05) is 18.3 Å². The van der Waals surface area contributed by atoms with Gasteiger partial charge in [0.1, 0.15) is 0 Å². The topological polar surface area (TPSA) is 41.8 Å². The maximum absolute atomic E-state index is 5.66. The number of allylic oxidation sites excluding steroid dienone is 1. The van der Waals surface area contributed by atoms with Gasteiger partial charge in [0.25, 0.3) is 0 Å². The molecule has 76 valence electrons. The van der Waals surface area contributed by atoms with Crippen LogP contribution in [0.25, 0.3) is 11.6 Å². The lowest BCUT2D eigenvalue weighted by molar-refractivity contribution is 0.566. The third kappa shape index (κ3) is 1.90. The molecule has 1 aromatic rings. The third-order valence-corrected chi connectivity index (χ3v) is 2.25. The number of nitrogens with two attached hydrogens (primary N) is 1. The van der Waals surface area contributed by atoms with Crippen LogP contribution < -0.4 is 5.73 Å². The molecule has 0 spiro atoms. The summed E-state index contributed by atoms with van der Waals surface area (Å²) < 4.78 is 0. The first-order valence-electron chi connectivity index (χ1n) is 4.73. The smallest absolute Gasteiger partial charge is 0.0451 e. The van der Waals surface area contributed by atoms with E-state index in [9.17, 15) is 0 Å². The molecule has 1 heterocycles. The molecular weight excluding hydrogens is 172 g/mol. The van der Waals surface area contributed by atoms with Gasteiger partial charge in [-0.3, -0.25) is 0 Å². The monoisotopic (exact) mass is 190 g/mol. The lowest BCUT2D eigenvalue weighted by atomic mass is 9.82. The first-order chi connectivity index (χ1) is 6.50.